The highest BCUT2D eigenvalue weighted by Gasteiger charge is 2.27. The van der Waals surface area contributed by atoms with Gasteiger partial charge in [-0.1, -0.05) is 115 Å². The molecule has 0 aromatic heterocycles. The molecule has 0 bridgehead atoms. The molecule has 0 amide bonds. The minimum Gasteiger partial charge on any atom is -0.355 e. The molecule has 5 heteroatoms. The van der Waals surface area contributed by atoms with Gasteiger partial charge in [0.1, 0.15) is 4.32 Å². The molecule has 0 saturated carbocycles. The van der Waals surface area contributed by atoms with Crippen molar-refractivity contribution in [3.63, 3.8) is 0 Å². The van der Waals surface area contributed by atoms with Gasteiger partial charge in [-0.25, -0.2) is 0 Å². The Morgan fingerprint density at radius 1 is 0.806 bits per heavy atom. The van der Waals surface area contributed by atoms with Crippen LogP contribution in [0.3, 0.4) is 0 Å². The number of hydrogen-bond acceptors (Lipinski definition) is 4. The smallest absolute Gasteiger partial charge is 0.180 e. The summed E-state index contributed by atoms with van der Waals surface area (Å²) in [7, 11) is 0. The molecule has 158 valence electrons. The molecular formula is C26H26N2OS2. The SMILES string of the molecule is O=C(c1ccccc1)[C@H](SC(=S)N1CCN(Cc2ccccc2)CC1)c1ccccc1. The maximum Gasteiger partial charge on any atom is 0.180 e. The van der Waals surface area contributed by atoms with E-state index >= 15 is 0 Å². The van der Waals surface area contributed by atoms with Crippen LogP contribution in [0.5, 0.6) is 0 Å². The van der Waals surface area contributed by atoms with E-state index in [4.69, 9.17) is 12.2 Å². The van der Waals surface area contributed by atoms with E-state index in [-0.39, 0.29) is 11.0 Å². The number of hydrogen-bond donors (Lipinski definition) is 0. The zero-order valence-corrected chi connectivity index (χ0v) is 19.0. The van der Waals surface area contributed by atoms with Crippen molar-refractivity contribution in [2.24, 2.45) is 0 Å². The van der Waals surface area contributed by atoms with Gasteiger partial charge in [-0.05, 0) is 11.1 Å². The molecule has 1 aliphatic rings. The molecule has 3 aromatic rings. The lowest BCUT2D eigenvalue weighted by Crippen LogP contribution is -2.47. The van der Waals surface area contributed by atoms with Crippen molar-refractivity contribution in [3.05, 3.63) is 108 Å². The van der Waals surface area contributed by atoms with E-state index in [0.717, 1.165) is 48.2 Å². The van der Waals surface area contributed by atoms with Gasteiger partial charge in [0.15, 0.2) is 5.78 Å². The first-order valence-electron chi connectivity index (χ1n) is 10.6. The summed E-state index contributed by atoms with van der Waals surface area (Å²) in [5.41, 5.74) is 3.05. The number of Topliss-reactive ketones (excluding diaryl/α,β-unsaturated/α-hetero) is 1. The summed E-state index contributed by atoms with van der Waals surface area (Å²) in [5, 5.41) is -0.335. The van der Waals surface area contributed by atoms with Crippen LogP contribution < -0.4 is 0 Å². The Bertz CT molecular complexity index is 988. The predicted molar refractivity (Wildman–Crippen MR) is 133 cm³/mol. The summed E-state index contributed by atoms with van der Waals surface area (Å²) < 4.78 is 0.803. The number of nitrogens with zero attached hydrogens (tertiary/aromatic N) is 2. The molecule has 0 N–H and O–H groups in total. The van der Waals surface area contributed by atoms with E-state index in [1.807, 2.05) is 60.7 Å². The van der Waals surface area contributed by atoms with Crippen LogP contribution >= 0.6 is 24.0 Å². The second-order valence-corrected chi connectivity index (χ2v) is 9.39. The average molecular weight is 447 g/mol. The Morgan fingerprint density at radius 3 is 1.97 bits per heavy atom. The van der Waals surface area contributed by atoms with Gasteiger partial charge in [0.25, 0.3) is 0 Å². The molecule has 0 radical (unpaired) electrons. The number of carbonyl (C=O) groups is 1. The normalized spacial score (nSPS) is 15.4. The summed E-state index contributed by atoms with van der Waals surface area (Å²) in [5.74, 6) is 0.0989. The lowest BCUT2D eigenvalue weighted by Gasteiger charge is -2.36. The number of thioether (sulfide) groups is 1. The maximum absolute atomic E-state index is 13.3. The molecule has 1 atom stereocenters. The molecule has 3 aromatic carbocycles. The lowest BCUT2D eigenvalue weighted by atomic mass is 10.0. The van der Waals surface area contributed by atoms with Crippen molar-refractivity contribution in [2.45, 2.75) is 11.8 Å². The van der Waals surface area contributed by atoms with Gasteiger partial charge in [0.05, 0.1) is 5.25 Å². The quantitative estimate of drug-likeness (QED) is 0.370. The fourth-order valence-corrected chi connectivity index (χ4v) is 5.30. The van der Waals surface area contributed by atoms with Crippen LogP contribution in [0.2, 0.25) is 0 Å². The van der Waals surface area contributed by atoms with Crippen LogP contribution in [-0.4, -0.2) is 46.1 Å². The topological polar surface area (TPSA) is 23.6 Å². The summed E-state index contributed by atoms with van der Waals surface area (Å²) in [4.78, 5) is 18.0. The average Bonchev–Trinajstić information content (AvgIpc) is 2.84. The molecule has 1 heterocycles. The lowest BCUT2D eigenvalue weighted by molar-refractivity contribution is 0.0989. The van der Waals surface area contributed by atoms with Crippen molar-refractivity contribution in [1.29, 1.82) is 0 Å². The van der Waals surface area contributed by atoms with Crippen LogP contribution in [0.1, 0.15) is 26.7 Å². The Kier molecular flexibility index (Phi) is 7.52. The number of benzene rings is 3. The summed E-state index contributed by atoms with van der Waals surface area (Å²) in [6, 6.07) is 30.0. The molecule has 4 rings (SSSR count). The van der Waals surface area contributed by atoms with E-state index < -0.39 is 0 Å². The van der Waals surface area contributed by atoms with Crippen molar-refractivity contribution in [3.8, 4) is 0 Å². The monoisotopic (exact) mass is 446 g/mol. The standard InChI is InChI=1S/C26H26N2OS2/c29-24(22-12-6-2-7-13-22)25(23-14-8-3-9-15-23)31-26(30)28-18-16-27(17-19-28)20-21-10-4-1-5-11-21/h1-15,25H,16-20H2/t25-/m1/s1. The molecule has 1 aliphatic heterocycles. The predicted octanol–water partition coefficient (Wildman–Crippen LogP) is 5.45. The third kappa shape index (κ3) is 5.82. The minimum atomic E-state index is -0.335. The van der Waals surface area contributed by atoms with E-state index in [1.54, 1.807) is 0 Å². The summed E-state index contributed by atoms with van der Waals surface area (Å²) in [6.07, 6.45) is 0. The third-order valence-corrected chi connectivity index (χ3v) is 7.23. The molecule has 1 fully saturated rings. The second kappa shape index (κ2) is 10.7. The van der Waals surface area contributed by atoms with Crippen molar-refractivity contribution in [1.82, 2.24) is 9.80 Å². The van der Waals surface area contributed by atoms with Crippen LogP contribution in [0, 0.1) is 0 Å². The van der Waals surface area contributed by atoms with Gasteiger partial charge in [0, 0.05) is 38.3 Å². The molecule has 0 unspecified atom stereocenters. The Labute approximate surface area is 194 Å². The number of ketones is 1. The maximum atomic E-state index is 13.3. The van der Waals surface area contributed by atoms with Crippen LogP contribution in [0.25, 0.3) is 0 Å². The third-order valence-electron chi connectivity index (χ3n) is 5.50. The first-order chi connectivity index (χ1) is 15.2. The number of rotatable bonds is 6. The van der Waals surface area contributed by atoms with Crippen LogP contribution in [-0.2, 0) is 6.54 Å². The first-order valence-corrected chi connectivity index (χ1v) is 11.9. The van der Waals surface area contributed by atoms with Gasteiger partial charge in [-0.15, -0.1) is 0 Å². The van der Waals surface area contributed by atoms with Gasteiger partial charge < -0.3 is 4.90 Å². The molecule has 31 heavy (non-hydrogen) atoms. The summed E-state index contributed by atoms with van der Waals surface area (Å²) >= 11 is 7.31. The van der Waals surface area contributed by atoms with E-state index in [9.17, 15) is 4.79 Å². The van der Waals surface area contributed by atoms with Gasteiger partial charge >= 0.3 is 0 Å². The van der Waals surface area contributed by atoms with Crippen LogP contribution in [0.15, 0.2) is 91.0 Å². The molecule has 1 saturated heterocycles. The number of thiocarbonyl (C=S) groups is 1. The summed E-state index contributed by atoms with van der Waals surface area (Å²) in [6.45, 7) is 4.68. The molecule has 0 aliphatic carbocycles. The fraction of sp³-hybridized carbons (Fsp3) is 0.231. The van der Waals surface area contributed by atoms with Crippen molar-refractivity contribution in [2.75, 3.05) is 26.2 Å². The second-order valence-electron chi connectivity index (χ2n) is 7.65. The molecular weight excluding hydrogens is 420 g/mol. The van der Waals surface area contributed by atoms with Crippen LogP contribution in [0.4, 0.5) is 0 Å². The molecule has 0 spiro atoms. The van der Waals surface area contributed by atoms with Gasteiger partial charge in [-0.2, -0.15) is 0 Å². The van der Waals surface area contributed by atoms with Crippen molar-refractivity contribution >= 4 is 34.1 Å². The molecule has 3 nitrogen and oxygen atoms in total. The van der Waals surface area contributed by atoms with E-state index in [0.29, 0.717) is 0 Å². The highest BCUT2D eigenvalue weighted by Crippen LogP contribution is 2.34. The van der Waals surface area contributed by atoms with Gasteiger partial charge in [0.2, 0.25) is 0 Å². The van der Waals surface area contributed by atoms with Crippen molar-refractivity contribution < 1.29 is 4.79 Å². The van der Waals surface area contributed by atoms with Gasteiger partial charge in [-0.3, -0.25) is 9.69 Å². The number of carbonyl (C=O) groups excluding carboxylic acids is 1. The Morgan fingerprint density at radius 2 is 1.35 bits per heavy atom. The highest BCUT2D eigenvalue weighted by molar-refractivity contribution is 8.23. The van der Waals surface area contributed by atoms with E-state index in [2.05, 4.69) is 40.1 Å². The fourth-order valence-electron chi connectivity index (χ4n) is 3.76. The highest BCUT2D eigenvalue weighted by atomic mass is 32.2. The first kappa shape index (κ1) is 21.8. The Balaban J connectivity index is 1.40. The zero-order valence-electron chi connectivity index (χ0n) is 17.4. The Hall–Kier alpha value is -2.47. The number of piperazine rings is 1. The van der Waals surface area contributed by atoms with E-state index in [1.165, 1.54) is 17.3 Å². The minimum absolute atomic E-state index is 0.0989. The zero-order chi connectivity index (χ0) is 21.5. The largest absolute Gasteiger partial charge is 0.355 e.